The number of amides is 1. The quantitative estimate of drug-likeness (QED) is 0.883. The smallest absolute Gasteiger partial charge is 0.255 e. The Labute approximate surface area is 129 Å². The van der Waals surface area contributed by atoms with Gasteiger partial charge < -0.3 is 15.4 Å². The van der Waals surface area contributed by atoms with Gasteiger partial charge in [0.15, 0.2) is 0 Å². The summed E-state index contributed by atoms with van der Waals surface area (Å²) in [7, 11) is 3.33. The summed E-state index contributed by atoms with van der Waals surface area (Å²) in [6.07, 6.45) is 0. The van der Waals surface area contributed by atoms with E-state index in [-0.39, 0.29) is 5.91 Å². The van der Waals surface area contributed by atoms with Crippen LogP contribution in [0.25, 0.3) is 0 Å². The number of nitrogen functional groups attached to an aromatic ring is 1. The second-order valence-corrected chi connectivity index (χ2v) is 5.14. The standard InChI is InChI=1S/C16H17ClN2O2/c1-19(10-11-5-3-4-6-15(11)21-2)16(20)13-8-7-12(17)9-14(13)18/h3-9H,10,18H2,1-2H3. The molecule has 2 aromatic carbocycles. The summed E-state index contributed by atoms with van der Waals surface area (Å²) in [5, 5.41) is 0.511. The van der Waals surface area contributed by atoms with Gasteiger partial charge in [0.1, 0.15) is 5.75 Å². The topological polar surface area (TPSA) is 55.6 Å². The molecule has 4 nitrogen and oxygen atoms in total. The summed E-state index contributed by atoms with van der Waals surface area (Å²) in [5.41, 5.74) is 7.60. The summed E-state index contributed by atoms with van der Waals surface area (Å²) >= 11 is 5.85. The number of methoxy groups -OCH3 is 1. The second-order valence-electron chi connectivity index (χ2n) is 4.70. The maximum Gasteiger partial charge on any atom is 0.255 e. The fourth-order valence-electron chi connectivity index (χ4n) is 2.09. The fourth-order valence-corrected chi connectivity index (χ4v) is 2.28. The largest absolute Gasteiger partial charge is 0.496 e. The summed E-state index contributed by atoms with van der Waals surface area (Å²) < 4.78 is 5.29. The zero-order chi connectivity index (χ0) is 15.4. The van der Waals surface area contributed by atoms with Crippen LogP contribution >= 0.6 is 11.6 Å². The van der Waals surface area contributed by atoms with E-state index >= 15 is 0 Å². The van der Waals surface area contributed by atoms with E-state index in [2.05, 4.69) is 0 Å². The van der Waals surface area contributed by atoms with Crippen molar-refractivity contribution in [2.24, 2.45) is 0 Å². The van der Waals surface area contributed by atoms with Crippen LogP contribution in [-0.2, 0) is 6.54 Å². The minimum absolute atomic E-state index is 0.157. The summed E-state index contributed by atoms with van der Waals surface area (Å²) in [4.78, 5) is 14.0. The van der Waals surface area contributed by atoms with Crippen LogP contribution in [0.2, 0.25) is 5.02 Å². The van der Waals surface area contributed by atoms with E-state index in [1.165, 1.54) is 0 Å². The van der Waals surface area contributed by atoms with Gasteiger partial charge in [0, 0.05) is 29.9 Å². The van der Waals surface area contributed by atoms with Gasteiger partial charge in [0.25, 0.3) is 5.91 Å². The van der Waals surface area contributed by atoms with Crippen LogP contribution in [-0.4, -0.2) is 25.0 Å². The highest BCUT2D eigenvalue weighted by Crippen LogP contribution is 2.22. The first kappa shape index (κ1) is 15.2. The van der Waals surface area contributed by atoms with Crippen molar-refractivity contribution in [3.63, 3.8) is 0 Å². The summed E-state index contributed by atoms with van der Waals surface area (Å²) in [6, 6.07) is 12.5. The van der Waals surface area contributed by atoms with Gasteiger partial charge in [-0.3, -0.25) is 4.79 Å². The minimum Gasteiger partial charge on any atom is -0.496 e. The van der Waals surface area contributed by atoms with E-state index in [1.807, 2.05) is 24.3 Å². The predicted molar refractivity (Wildman–Crippen MR) is 84.7 cm³/mol. The number of hydrogen-bond acceptors (Lipinski definition) is 3. The zero-order valence-corrected chi connectivity index (χ0v) is 12.7. The zero-order valence-electron chi connectivity index (χ0n) is 12.0. The highest BCUT2D eigenvalue weighted by Gasteiger charge is 2.16. The Hall–Kier alpha value is -2.20. The highest BCUT2D eigenvalue weighted by atomic mass is 35.5. The number of carbonyl (C=O) groups excluding carboxylic acids is 1. The Balaban J connectivity index is 2.19. The third kappa shape index (κ3) is 3.47. The molecule has 0 saturated heterocycles. The number of benzene rings is 2. The average Bonchev–Trinajstić information content (AvgIpc) is 2.47. The number of anilines is 1. The molecule has 0 aliphatic rings. The van der Waals surface area contributed by atoms with E-state index < -0.39 is 0 Å². The Morgan fingerprint density at radius 3 is 2.67 bits per heavy atom. The van der Waals surface area contributed by atoms with Gasteiger partial charge in [-0.1, -0.05) is 29.8 Å². The van der Waals surface area contributed by atoms with Gasteiger partial charge in [0.2, 0.25) is 0 Å². The Morgan fingerprint density at radius 2 is 2.00 bits per heavy atom. The van der Waals surface area contributed by atoms with Crippen LogP contribution in [0.3, 0.4) is 0 Å². The predicted octanol–water partition coefficient (Wildman–Crippen LogP) is 3.20. The molecule has 0 fully saturated rings. The number of halogens is 1. The molecule has 0 radical (unpaired) electrons. The number of para-hydroxylation sites is 1. The van der Waals surface area contributed by atoms with Crippen molar-refractivity contribution < 1.29 is 9.53 Å². The molecule has 0 aliphatic heterocycles. The third-order valence-electron chi connectivity index (χ3n) is 3.19. The van der Waals surface area contributed by atoms with Crippen LogP contribution in [0.4, 0.5) is 5.69 Å². The van der Waals surface area contributed by atoms with Crippen molar-refractivity contribution >= 4 is 23.2 Å². The van der Waals surface area contributed by atoms with Crippen LogP contribution in [0, 0.1) is 0 Å². The maximum atomic E-state index is 12.4. The average molecular weight is 305 g/mol. The highest BCUT2D eigenvalue weighted by molar-refractivity contribution is 6.31. The number of nitrogens with two attached hydrogens (primary N) is 1. The Bertz CT molecular complexity index is 658. The van der Waals surface area contributed by atoms with E-state index in [4.69, 9.17) is 22.1 Å². The normalized spacial score (nSPS) is 10.2. The SMILES string of the molecule is COc1ccccc1CN(C)C(=O)c1ccc(Cl)cc1N. The second kappa shape index (κ2) is 6.50. The molecule has 5 heteroatoms. The summed E-state index contributed by atoms with van der Waals surface area (Å²) in [5.74, 6) is 0.594. The third-order valence-corrected chi connectivity index (χ3v) is 3.43. The lowest BCUT2D eigenvalue weighted by Gasteiger charge is -2.19. The van der Waals surface area contributed by atoms with Crippen molar-refractivity contribution in [1.29, 1.82) is 0 Å². The Kier molecular flexibility index (Phi) is 4.70. The van der Waals surface area contributed by atoms with Crippen LogP contribution in [0.5, 0.6) is 5.75 Å². The van der Waals surface area contributed by atoms with Crippen molar-refractivity contribution in [1.82, 2.24) is 4.90 Å². The molecule has 0 spiro atoms. The lowest BCUT2D eigenvalue weighted by atomic mass is 10.1. The molecule has 2 aromatic rings. The number of rotatable bonds is 4. The van der Waals surface area contributed by atoms with Gasteiger partial charge in [0.05, 0.1) is 12.7 Å². The molecule has 21 heavy (non-hydrogen) atoms. The first-order valence-electron chi connectivity index (χ1n) is 6.45. The lowest BCUT2D eigenvalue weighted by molar-refractivity contribution is 0.0785. The molecule has 2 N–H and O–H groups in total. The molecular weight excluding hydrogens is 288 g/mol. The molecule has 0 aromatic heterocycles. The van der Waals surface area contributed by atoms with Crippen LogP contribution in [0.15, 0.2) is 42.5 Å². The molecule has 0 bridgehead atoms. The Morgan fingerprint density at radius 1 is 1.29 bits per heavy atom. The first-order valence-corrected chi connectivity index (χ1v) is 6.83. The van der Waals surface area contributed by atoms with Crippen LogP contribution in [0.1, 0.15) is 15.9 Å². The first-order chi connectivity index (χ1) is 10.0. The van der Waals surface area contributed by atoms with Crippen molar-refractivity contribution in [2.75, 3.05) is 19.9 Å². The van der Waals surface area contributed by atoms with Gasteiger partial charge in [-0.25, -0.2) is 0 Å². The van der Waals surface area contributed by atoms with Crippen molar-refractivity contribution in [3.8, 4) is 5.75 Å². The van der Waals surface area contributed by atoms with E-state index in [9.17, 15) is 4.79 Å². The van der Waals surface area contributed by atoms with Crippen molar-refractivity contribution in [2.45, 2.75) is 6.54 Å². The molecule has 0 unspecified atom stereocenters. The van der Waals surface area contributed by atoms with Crippen molar-refractivity contribution in [3.05, 3.63) is 58.6 Å². The van der Waals surface area contributed by atoms with Gasteiger partial charge in [-0.15, -0.1) is 0 Å². The molecule has 0 heterocycles. The molecule has 0 saturated carbocycles. The molecular formula is C16H17ClN2O2. The fraction of sp³-hybridized carbons (Fsp3) is 0.188. The number of carbonyl (C=O) groups is 1. The minimum atomic E-state index is -0.157. The van der Waals surface area contributed by atoms with E-state index in [0.717, 1.165) is 11.3 Å². The monoisotopic (exact) mass is 304 g/mol. The van der Waals surface area contributed by atoms with Gasteiger partial charge >= 0.3 is 0 Å². The van der Waals surface area contributed by atoms with E-state index in [1.54, 1.807) is 37.3 Å². The molecule has 2 rings (SSSR count). The molecule has 0 aliphatic carbocycles. The number of hydrogen-bond donors (Lipinski definition) is 1. The van der Waals surface area contributed by atoms with Gasteiger partial charge in [-0.05, 0) is 24.3 Å². The summed E-state index contributed by atoms with van der Waals surface area (Å²) in [6.45, 7) is 0.435. The number of nitrogens with zero attached hydrogens (tertiary/aromatic N) is 1. The number of ether oxygens (including phenoxy) is 1. The maximum absolute atomic E-state index is 12.4. The lowest BCUT2D eigenvalue weighted by Crippen LogP contribution is -2.27. The molecule has 1 amide bonds. The molecule has 110 valence electrons. The van der Waals surface area contributed by atoms with Crippen LogP contribution < -0.4 is 10.5 Å². The molecule has 0 atom stereocenters. The van der Waals surface area contributed by atoms with Gasteiger partial charge in [-0.2, -0.15) is 0 Å². The van der Waals surface area contributed by atoms with E-state index in [0.29, 0.717) is 22.8 Å².